The Kier molecular flexibility index (Phi) is 4.86. The van der Waals surface area contributed by atoms with Crippen LogP contribution in [0.4, 0.5) is 0 Å². The van der Waals surface area contributed by atoms with Crippen LogP contribution < -0.4 is 0 Å². The van der Waals surface area contributed by atoms with Gasteiger partial charge >= 0.3 is 0 Å². The van der Waals surface area contributed by atoms with Crippen molar-refractivity contribution < 1.29 is 9.47 Å². The highest BCUT2D eigenvalue weighted by atomic mass is 32.1. The summed E-state index contributed by atoms with van der Waals surface area (Å²) in [6.07, 6.45) is 1.53. The van der Waals surface area contributed by atoms with Crippen LogP contribution in [0.5, 0.6) is 0 Å². The number of nitrogens with zero attached hydrogens (tertiary/aromatic N) is 2. The lowest BCUT2D eigenvalue weighted by Crippen LogP contribution is -2.20. The van der Waals surface area contributed by atoms with E-state index in [9.17, 15) is 0 Å². The third kappa shape index (κ3) is 3.38. The molecule has 0 radical (unpaired) electrons. The van der Waals surface area contributed by atoms with Gasteiger partial charge in [-0.25, -0.2) is 4.98 Å². The van der Waals surface area contributed by atoms with Gasteiger partial charge in [0.25, 0.3) is 0 Å². The van der Waals surface area contributed by atoms with Crippen LogP contribution in [0.2, 0.25) is 0 Å². The summed E-state index contributed by atoms with van der Waals surface area (Å²) in [4.78, 5) is 11.7. The van der Waals surface area contributed by atoms with Gasteiger partial charge < -0.3 is 14.5 Å². The first-order chi connectivity index (χ1) is 8.83. The minimum atomic E-state index is -0.259. The average Bonchev–Trinajstić information content (AvgIpc) is 2.90. The Morgan fingerprint density at radius 2 is 2.22 bits per heavy atom. The van der Waals surface area contributed by atoms with E-state index in [0.29, 0.717) is 19.8 Å². The van der Waals surface area contributed by atoms with E-state index in [1.807, 2.05) is 25.4 Å². The zero-order valence-electron chi connectivity index (χ0n) is 10.5. The van der Waals surface area contributed by atoms with E-state index in [-0.39, 0.29) is 6.29 Å². The van der Waals surface area contributed by atoms with Crippen LogP contribution >= 0.6 is 11.3 Å². The van der Waals surface area contributed by atoms with Crippen LogP contribution in [-0.2, 0) is 9.47 Å². The molecule has 0 aliphatic carbocycles. The molecule has 0 unspecified atom stereocenters. The SMILES string of the molecule is CCOC(CN=Cc1cc2scnc2[nH]1)OCC. The molecule has 2 heterocycles. The van der Waals surface area contributed by atoms with Crippen molar-refractivity contribution in [2.75, 3.05) is 19.8 Å². The summed E-state index contributed by atoms with van der Waals surface area (Å²) in [5, 5.41) is 0. The monoisotopic (exact) mass is 267 g/mol. The molecule has 0 amide bonds. The summed E-state index contributed by atoms with van der Waals surface area (Å²) in [6.45, 7) is 5.65. The summed E-state index contributed by atoms with van der Waals surface area (Å²) in [6, 6.07) is 2.03. The van der Waals surface area contributed by atoms with Gasteiger partial charge in [0.2, 0.25) is 0 Å². The second kappa shape index (κ2) is 6.63. The number of fused-ring (bicyclic) bond motifs is 1. The second-order valence-electron chi connectivity index (χ2n) is 3.62. The smallest absolute Gasteiger partial charge is 0.176 e. The lowest BCUT2D eigenvalue weighted by atomic mass is 10.4. The number of nitrogens with one attached hydrogen (secondary N) is 1. The quantitative estimate of drug-likeness (QED) is 0.619. The highest BCUT2D eigenvalue weighted by Gasteiger charge is 2.06. The first-order valence-corrected chi connectivity index (χ1v) is 6.86. The number of aliphatic imine (C=N–C) groups is 1. The Bertz CT molecular complexity index is 472. The maximum absolute atomic E-state index is 5.41. The Morgan fingerprint density at radius 3 is 2.89 bits per heavy atom. The van der Waals surface area contributed by atoms with E-state index in [1.165, 1.54) is 0 Å². The van der Waals surface area contributed by atoms with Crippen molar-refractivity contribution in [2.45, 2.75) is 20.1 Å². The van der Waals surface area contributed by atoms with Crippen LogP contribution in [-0.4, -0.2) is 42.2 Å². The predicted octanol–water partition coefficient (Wildman–Crippen LogP) is 2.44. The lowest BCUT2D eigenvalue weighted by molar-refractivity contribution is -0.128. The highest BCUT2D eigenvalue weighted by molar-refractivity contribution is 7.16. The fourth-order valence-corrected chi connectivity index (χ4v) is 2.28. The van der Waals surface area contributed by atoms with Gasteiger partial charge in [0.15, 0.2) is 6.29 Å². The molecule has 0 aliphatic rings. The molecule has 5 nitrogen and oxygen atoms in total. The van der Waals surface area contributed by atoms with E-state index in [4.69, 9.17) is 9.47 Å². The average molecular weight is 267 g/mol. The second-order valence-corrected chi connectivity index (χ2v) is 4.51. The normalized spacial score (nSPS) is 12.2. The summed E-state index contributed by atoms with van der Waals surface area (Å²) < 4.78 is 12.0. The van der Waals surface area contributed by atoms with Gasteiger partial charge in [-0.2, -0.15) is 0 Å². The first kappa shape index (κ1) is 13.2. The van der Waals surface area contributed by atoms with Crippen LogP contribution in [0.1, 0.15) is 19.5 Å². The molecular weight excluding hydrogens is 250 g/mol. The molecule has 0 saturated carbocycles. The van der Waals surface area contributed by atoms with Crippen LogP contribution in [0.15, 0.2) is 16.6 Å². The number of thiazole rings is 1. The molecule has 18 heavy (non-hydrogen) atoms. The Balaban J connectivity index is 1.91. The minimum Gasteiger partial charge on any atom is -0.351 e. The Hall–Kier alpha value is -1.24. The van der Waals surface area contributed by atoms with Gasteiger partial charge in [-0.15, -0.1) is 11.3 Å². The van der Waals surface area contributed by atoms with Crippen molar-refractivity contribution in [3.8, 4) is 0 Å². The fourth-order valence-electron chi connectivity index (χ4n) is 1.60. The molecule has 0 aliphatic heterocycles. The molecular formula is C12H17N3O2S. The number of aromatic amines is 1. The number of rotatable bonds is 7. The van der Waals surface area contributed by atoms with E-state index in [0.717, 1.165) is 16.0 Å². The Morgan fingerprint density at radius 1 is 1.44 bits per heavy atom. The van der Waals surface area contributed by atoms with Gasteiger partial charge in [-0.3, -0.25) is 4.99 Å². The van der Waals surface area contributed by atoms with E-state index < -0.39 is 0 Å². The molecule has 0 fully saturated rings. The molecule has 0 aromatic carbocycles. The molecule has 6 heteroatoms. The summed E-state index contributed by atoms with van der Waals surface area (Å²) in [5.74, 6) is 0. The number of H-pyrrole nitrogens is 1. The summed E-state index contributed by atoms with van der Waals surface area (Å²) >= 11 is 1.61. The maximum atomic E-state index is 5.41. The highest BCUT2D eigenvalue weighted by Crippen LogP contribution is 2.17. The van der Waals surface area contributed by atoms with E-state index >= 15 is 0 Å². The van der Waals surface area contributed by atoms with Gasteiger partial charge in [0, 0.05) is 19.4 Å². The lowest BCUT2D eigenvalue weighted by Gasteiger charge is -2.13. The number of hydrogen-bond donors (Lipinski definition) is 1. The molecule has 0 spiro atoms. The minimum absolute atomic E-state index is 0.259. The van der Waals surface area contributed by atoms with Crippen LogP contribution in [0.3, 0.4) is 0 Å². The van der Waals surface area contributed by atoms with Gasteiger partial charge in [0.1, 0.15) is 5.65 Å². The number of ether oxygens (including phenoxy) is 2. The first-order valence-electron chi connectivity index (χ1n) is 5.98. The molecule has 2 rings (SSSR count). The third-order valence-electron chi connectivity index (χ3n) is 2.33. The van der Waals surface area contributed by atoms with E-state index in [2.05, 4.69) is 15.0 Å². The van der Waals surface area contributed by atoms with Crippen LogP contribution in [0.25, 0.3) is 10.3 Å². The molecule has 98 valence electrons. The maximum Gasteiger partial charge on any atom is 0.176 e. The number of aromatic nitrogens is 2. The van der Waals surface area contributed by atoms with Crippen molar-refractivity contribution in [1.82, 2.24) is 9.97 Å². The summed E-state index contributed by atoms with van der Waals surface area (Å²) in [5.41, 5.74) is 3.69. The fraction of sp³-hybridized carbons (Fsp3) is 0.500. The topological polar surface area (TPSA) is 59.5 Å². The van der Waals surface area contributed by atoms with Crippen molar-refractivity contribution in [1.29, 1.82) is 0 Å². The molecule has 0 bridgehead atoms. The van der Waals surface area contributed by atoms with Gasteiger partial charge in [-0.05, 0) is 19.9 Å². The predicted molar refractivity (Wildman–Crippen MR) is 73.5 cm³/mol. The van der Waals surface area contributed by atoms with Gasteiger partial charge in [-0.1, -0.05) is 0 Å². The third-order valence-corrected chi connectivity index (χ3v) is 3.11. The van der Waals surface area contributed by atoms with Crippen molar-refractivity contribution in [3.05, 3.63) is 17.3 Å². The van der Waals surface area contributed by atoms with Crippen molar-refractivity contribution in [3.63, 3.8) is 0 Å². The molecule has 0 atom stereocenters. The van der Waals surface area contributed by atoms with Crippen LogP contribution in [0, 0.1) is 0 Å². The number of hydrogen-bond acceptors (Lipinski definition) is 5. The largest absolute Gasteiger partial charge is 0.351 e. The van der Waals surface area contributed by atoms with Crippen molar-refractivity contribution in [2.24, 2.45) is 4.99 Å². The van der Waals surface area contributed by atoms with E-state index in [1.54, 1.807) is 17.6 Å². The molecule has 2 aromatic heterocycles. The zero-order valence-corrected chi connectivity index (χ0v) is 11.4. The molecule has 0 saturated heterocycles. The van der Waals surface area contributed by atoms with Crippen molar-refractivity contribution >= 4 is 27.9 Å². The zero-order chi connectivity index (χ0) is 12.8. The van der Waals surface area contributed by atoms with Gasteiger partial charge in [0.05, 0.1) is 22.4 Å². The summed E-state index contributed by atoms with van der Waals surface area (Å²) in [7, 11) is 0. The molecule has 1 N–H and O–H groups in total. The molecule has 2 aromatic rings. The Labute approximate surface area is 110 Å². The standard InChI is InChI=1S/C12H17N3O2S/c1-3-16-11(17-4-2)7-13-6-9-5-10-12(15-9)14-8-18-10/h5-6,8,11,15H,3-4,7H2,1-2H3.